The molecule has 12 nitrogen and oxygen atoms in total. The summed E-state index contributed by atoms with van der Waals surface area (Å²) in [7, 11) is 0. The van der Waals surface area contributed by atoms with Crippen molar-refractivity contribution in [3.05, 3.63) is 65.7 Å². The maximum absolute atomic E-state index is 15.2. The van der Waals surface area contributed by atoms with Gasteiger partial charge in [0.2, 0.25) is 5.95 Å². The van der Waals surface area contributed by atoms with Crippen LogP contribution in [0.5, 0.6) is 5.75 Å². The number of H-pyrrole nitrogens is 1. The van der Waals surface area contributed by atoms with Gasteiger partial charge in [0.25, 0.3) is 0 Å². The van der Waals surface area contributed by atoms with Crippen LogP contribution in [0.15, 0.2) is 48.8 Å². The number of rotatable bonds is 9. The highest BCUT2D eigenvalue weighted by atomic mass is 19.4. The van der Waals surface area contributed by atoms with Crippen LogP contribution in [0.25, 0.3) is 5.65 Å². The average molecular weight is 643 g/mol. The molecule has 2 saturated heterocycles. The Hall–Kier alpha value is -4.44. The fraction of sp³-hybridized carbons (Fsp3) is 0.467. The number of imidazole rings is 1. The first kappa shape index (κ1) is 29.0. The van der Waals surface area contributed by atoms with Gasteiger partial charge >= 0.3 is 12.3 Å². The summed E-state index contributed by atoms with van der Waals surface area (Å²) < 4.78 is 72.2. The molecule has 3 atom stereocenters. The molecule has 0 radical (unpaired) electrons. The predicted octanol–water partition coefficient (Wildman–Crippen LogP) is 4.53. The molecular weight excluding hydrogens is 612 g/mol. The first-order valence-corrected chi connectivity index (χ1v) is 15.1. The van der Waals surface area contributed by atoms with Gasteiger partial charge in [0.05, 0.1) is 23.6 Å². The zero-order chi connectivity index (χ0) is 31.6. The molecule has 3 N–H and O–H groups in total. The molecule has 3 aromatic heterocycles. The number of aromatic nitrogens is 5. The Bertz CT molecular complexity index is 1740. The topological polar surface area (TPSA) is 131 Å². The molecule has 3 aliphatic carbocycles. The highest BCUT2D eigenvalue weighted by Crippen LogP contribution is 2.57. The SMILES string of the molecule is O=C(NC12CC(C1)C2)O[C@H]1CO[C@@H](c2cc(Nc3nccc4nc(CN5CC(Oc6ccc(C(F)(F)F)cc6)C5)cn34)n[nH]2)[C@@H]1F. The third-order valence-electron chi connectivity index (χ3n) is 9.12. The Morgan fingerprint density at radius 2 is 1.93 bits per heavy atom. The third kappa shape index (κ3) is 5.48. The summed E-state index contributed by atoms with van der Waals surface area (Å²) in [4.78, 5) is 23.5. The van der Waals surface area contributed by atoms with Crippen molar-refractivity contribution in [3.63, 3.8) is 0 Å². The zero-order valence-corrected chi connectivity index (χ0v) is 24.3. The largest absolute Gasteiger partial charge is 0.488 e. The number of aromatic amines is 1. The van der Waals surface area contributed by atoms with E-state index in [2.05, 4.69) is 35.7 Å². The van der Waals surface area contributed by atoms with E-state index in [0.717, 1.165) is 37.1 Å². The minimum absolute atomic E-state index is 0.0612. The van der Waals surface area contributed by atoms with Crippen LogP contribution in [0.2, 0.25) is 0 Å². The summed E-state index contributed by atoms with van der Waals surface area (Å²) in [6.45, 7) is 1.68. The molecule has 9 rings (SSSR count). The van der Waals surface area contributed by atoms with E-state index in [1.807, 2.05) is 6.20 Å². The standard InChI is InChI=1S/C30H30F4N8O4/c31-25-22(46-28(43)38-29-8-16(9-29)10-29)15-44-26(25)21-7-23(40-39-21)37-27-35-6-5-24-36-18(12-42(24)27)11-41-13-20(14-41)45-19-3-1-17(2-4-19)30(32,33)34/h1-7,12,16,20,22,25-26H,8-11,13-15H2,(H,38,43)(H2,35,37,39,40)/t16?,22-,25+,26-,29?/m0/s1. The molecular formula is C30H30F4N8O4. The maximum Gasteiger partial charge on any atom is 0.416 e. The molecule has 5 fully saturated rings. The number of fused-ring (bicyclic) bond motifs is 1. The summed E-state index contributed by atoms with van der Waals surface area (Å²) in [5, 5.41) is 13.0. The van der Waals surface area contributed by atoms with Crippen LogP contribution in [-0.2, 0) is 22.2 Å². The normalized spacial score (nSPS) is 27.5. The van der Waals surface area contributed by atoms with Crippen molar-refractivity contribution in [2.75, 3.05) is 25.0 Å². The number of hydrogen-bond acceptors (Lipinski definition) is 9. The van der Waals surface area contributed by atoms with Crippen molar-refractivity contribution in [2.45, 2.75) is 62.0 Å². The Labute approximate surface area is 259 Å². The highest BCUT2D eigenvalue weighted by molar-refractivity contribution is 5.69. The number of halogens is 4. The number of nitrogens with zero attached hydrogens (tertiary/aromatic N) is 5. The molecule has 3 saturated carbocycles. The zero-order valence-electron chi connectivity index (χ0n) is 24.3. The molecule has 2 bridgehead atoms. The summed E-state index contributed by atoms with van der Waals surface area (Å²) in [5.74, 6) is 1.92. The van der Waals surface area contributed by atoms with E-state index >= 15 is 4.39 Å². The number of alkyl halides is 4. The van der Waals surface area contributed by atoms with Gasteiger partial charge in [-0.25, -0.2) is 19.2 Å². The third-order valence-corrected chi connectivity index (χ3v) is 9.12. The lowest BCUT2D eigenvalue weighted by Gasteiger charge is -2.61. The second-order valence-corrected chi connectivity index (χ2v) is 12.5. The minimum atomic E-state index is -4.38. The number of ether oxygens (including phenoxy) is 3. The molecule has 0 spiro atoms. The van der Waals surface area contributed by atoms with Crippen LogP contribution in [0.4, 0.5) is 34.1 Å². The van der Waals surface area contributed by atoms with Crippen molar-refractivity contribution in [1.29, 1.82) is 0 Å². The predicted molar refractivity (Wildman–Crippen MR) is 153 cm³/mol. The maximum atomic E-state index is 15.2. The van der Waals surface area contributed by atoms with Crippen molar-refractivity contribution >= 4 is 23.5 Å². The van der Waals surface area contributed by atoms with Gasteiger partial charge in [0, 0.05) is 43.6 Å². The number of amides is 1. The number of alkyl carbamates (subject to hydrolysis) is 1. The lowest BCUT2D eigenvalue weighted by atomic mass is 9.50. The monoisotopic (exact) mass is 642 g/mol. The molecule has 16 heteroatoms. The van der Waals surface area contributed by atoms with Crippen molar-refractivity contribution in [2.24, 2.45) is 5.92 Å². The quantitative estimate of drug-likeness (QED) is 0.226. The van der Waals surface area contributed by atoms with Gasteiger partial charge in [-0.05, 0) is 55.5 Å². The van der Waals surface area contributed by atoms with Crippen LogP contribution in [0.3, 0.4) is 0 Å². The first-order valence-electron chi connectivity index (χ1n) is 15.1. The lowest BCUT2D eigenvalue weighted by Crippen LogP contribution is -2.68. The summed E-state index contributed by atoms with van der Waals surface area (Å²) in [6.07, 6.45) is -2.34. The van der Waals surface area contributed by atoms with E-state index < -0.39 is 36.2 Å². The molecule has 2 aliphatic heterocycles. The van der Waals surface area contributed by atoms with Crippen molar-refractivity contribution < 1.29 is 36.6 Å². The van der Waals surface area contributed by atoms with Gasteiger partial charge in [-0.1, -0.05) is 0 Å². The van der Waals surface area contributed by atoms with Gasteiger partial charge in [-0.2, -0.15) is 18.3 Å². The number of carbonyl (C=O) groups excluding carboxylic acids is 1. The van der Waals surface area contributed by atoms with E-state index in [-0.39, 0.29) is 18.2 Å². The number of anilines is 2. The van der Waals surface area contributed by atoms with Crippen LogP contribution in [-0.4, -0.2) is 79.2 Å². The second-order valence-electron chi connectivity index (χ2n) is 12.5. The molecule has 5 aliphatic rings. The number of hydrogen-bond donors (Lipinski definition) is 3. The fourth-order valence-corrected chi connectivity index (χ4v) is 6.62. The van der Waals surface area contributed by atoms with Gasteiger partial charge in [0.1, 0.15) is 23.6 Å². The summed E-state index contributed by atoms with van der Waals surface area (Å²) >= 11 is 0. The van der Waals surface area contributed by atoms with Gasteiger partial charge in [-0.3, -0.25) is 14.4 Å². The van der Waals surface area contributed by atoms with Gasteiger partial charge in [0.15, 0.2) is 18.1 Å². The molecule has 1 aromatic carbocycles. The second kappa shape index (κ2) is 10.8. The highest BCUT2D eigenvalue weighted by Gasteiger charge is 2.58. The number of nitrogens with one attached hydrogen (secondary N) is 3. The van der Waals surface area contributed by atoms with E-state index in [1.165, 1.54) is 12.1 Å². The van der Waals surface area contributed by atoms with Gasteiger partial charge < -0.3 is 24.8 Å². The van der Waals surface area contributed by atoms with Crippen molar-refractivity contribution in [1.82, 2.24) is 34.8 Å². The van der Waals surface area contributed by atoms with Crippen molar-refractivity contribution in [3.8, 4) is 5.75 Å². The summed E-state index contributed by atoms with van der Waals surface area (Å²) in [5.41, 5.74) is 0.967. The molecule has 46 heavy (non-hydrogen) atoms. The molecule has 5 heterocycles. The number of benzene rings is 1. The molecule has 1 amide bonds. The van der Waals surface area contributed by atoms with Gasteiger partial charge in [-0.15, -0.1) is 0 Å². The van der Waals surface area contributed by atoms with Crippen LogP contribution >= 0.6 is 0 Å². The average Bonchev–Trinajstić information content (AvgIpc) is 3.68. The Morgan fingerprint density at radius 3 is 2.65 bits per heavy atom. The van der Waals surface area contributed by atoms with E-state index in [4.69, 9.17) is 14.2 Å². The Balaban J connectivity index is 0.850. The van der Waals surface area contributed by atoms with Crippen LogP contribution in [0, 0.1) is 5.92 Å². The molecule has 0 unspecified atom stereocenters. The minimum Gasteiger partial charge on any atom is -0.488 e. The first-order chi connectivity index (χ1) is 22.1. The Kier molecular flexibility index (Phi) is 6.83. The smallest absolute Gasteiger partial charge is 0.416 e. The number of likely N-dealkylation sites (tertiary alicyclic amines) is 1. The van der Waals surface area contributed by atoms with E-state index in [9.17, 15) is 18.0 Å². The van der Waals surface area contributed by atoms with Crippen LogP contribution < -0.4 is 15.4 Å². The van der Waals surface area contributed by atoms with Crippen LogP contribution in [0.1, 0.15) is 42.3 Å². The lowest BCUT2D eigenvalue weighted by molar-refractivity contribution is -0.137. The molecule has 242 valence electrons. The molecule has 4 aromatic rings. The fourth-order valence-electron chi connectivity index (χ4n) is 6.62. The van der Waals surface area contributed by atoms with E-state index in [1.54, 1.807) is 22.7 Å². The van der Waals surface area contributed by atoms with E-state index in [0.29, 0.717) is 54.4 Å². The Morgan fingerprint density at radius 1 is 1.15 bits per heavy atom. The number of carbonyl (C=O) groups is 1. The summed E-state index contributed by atoms with van der Waals surface area (Å²) in [6, 6.07) is 8.07.